The van der Waals surface area contributed by atoms with Crippen LogP contribution in [-0.2, 0) is 28.6 Å². The van der Waals surface area contributed by atoms with Crippen molar-refractivity contribution in [1.29, 1.82) is 0 Å². The zero-order valence-corrected chi connectivity index (χ0v) is 48.7. The van der Waals surface area contributed by atoms with E-state index in [2.05, 4.69) is 45.1 Å². The minimum atomic E-state index is -0.764. The molecule has 1 atom stereocenters. The minimum absolute atomic E-state index is 0.0640. The second-order valence-corrected chi connectivity index (χ2v) is 22.0. The average Bonchev–Trinajstić information content (AvgIpc) is 3.38. The summed E-state index contributed by atoms with van der Waals surface area (Å²) in [5.74, 6) is -0.838. The lowest BCUT2D eigenvalue weighted by molar-refractivity contribution is -0.167. The van der Waals surface area contributed by atoms with E-state index < -0.39 is 6.10 Å². The maximum absolute atomic E-state index is 12.8. The fraction of sp³-hybridized carbons (Fsp3) is 0.894. The predicted octanol–water partition coefficient (Wildman–Crippen LogP) is 21.8. The first-order valence-corrected chi connectivity index (χ1v) is 32.3. The summed E-state index contributed by atoms with van der Waals surface area (Å²) in [5.41, 5.74) is 0. The quantitative estimate of drug-likeness (QED) is 0.0261. The molecule has 0 saturated heterocycles. The van der Waals surface area contributed by atoms with Crippen molar-refractivity contribution < 1.29 is 28.6 Å². The van der Waals surface area contributed by atoms with Crippen LogP contribution in [0.2, 0.25) is 0 Å². The topological polar surface area (TPSA) is 78.9 Å². The first kappa shape index (κ1) is 69.9. The number of rotatable bonds is 60. The van der Waals surface area contributed by atoms with E-state index >= 15 is 0 Å². The molecule has 0 heterocycles. The van der Waals surface area contributed by atoms with Crippen molar-refractivity contribution in [3.63, 3.8) is 0 Å². The van der Waals surface area contributed by atoms with Crippen LogP contribution < -0.4 is 0 Å². The smallest absolute Gasteiger partial charge is 0.306 e. The molecule has 0 aliphatic rings. The van der Waals surface area contributed by atoms with E-state index in [9.17, 15) is 14.4 Å². The molecule has 0 rings (SSSR count). The van der Waals surface area contributed by atoms with Gasteiger partial charge < -0.3 is 14.2 Å². The van der Waals surface area contributed by atoms with Crippen LogP contribution in [0.4, 0.5) is 0 Å². The maximum Gasteiger partial charge on any atom is 0.306 e. The molecular weight excluding hydrogens is 889 g/mol. The first-order chi connectivity index (χ1) is 35.5. The monoisotopic (exact) mass is 1010 g/mol. The standard InChI is InChI=1S/C66H124O6/c1-4-7-10-13-16-19-22-25-26-27-28-29-30-31-32-33-34-35-36-37-38-39-40-42-44-47-50-53-56-59-65(68)71-62-63(61-70-64(67)58-55-52-49-46-43-24-21-18-15-12-9-6-3)72-66(69)60-57-54-51-48-45-41-23-20-17-14-11-8-5-2/h22,25,27-28,63H,4-21,23-24,26,29-62H2,1-3H3/b25-22-,28-27-. The number of carbonyl (C=O) groups is 3. The van der Waals surface area contributed by atoms with Crippen LogP contribution >= 0.6 is 0 Å². The van der Waals surface area contributed by atoms with E-state index in [1.807, 2.05) is 0 Å². The van der Waals surface area contributed by atoms with E-state index in [4.69, 9.17) is 14.2 Å². The highest BCUT2D eigenvalue weighted by molar-refractivity contribution is 5.71. The van der Waals surface area contributed by atoms with Crippen molar-refractivity contribution in [3.8, 4) is 0 Å². The van der Waals surface area contributed by atoms with Gasteiger partial charge in [0.15, 0.2) is 6.10 Å². The second-order valence-electron chi connectivity index (χ2n) is 22.0. The lowest BCUT2D eigenvalue weighted by atomic mass is 10.0. The van der Waals surface area contributed by atoms with Gasteiger partial charge in [-0.25, -0.2) is 0 Å². The molecule has 72 heavy (non-hydrogen) atoms. The van der Waals surface area contributed by atoms with Crippen LogP contribution in [0.5, 0.6) is 0 Å². The number of allylic oxidation sites excluding steroid dienone is 4. The summed E-state index contributed by atoms with van der Waals surface area (Å²) in [6.07, 6.45) is 73.4. The van der Waals surface area contributed by atoms with Gasteiger partial charge in [-0.15, -0.1) is 0 Å². The Morgan fingerprint density at radius 1 is 0.278 bits per heavy atom. The summed E-state index contributed by atoms with van der Waals surface area (Å²) in [4.78, 5) is 38.2. The highest BCUT2D eigenvalue weighted by Crippen LogP contribution is 2.18. The average molecular weight is 1010 g/mol. The maximum atomic E-state index is 12.8. The molecule has 0 amide bonds. The summed E-state index contributed by atoms with van der Waals surface area (Å²) < 4.78 is 16.9. The van der Waals surface area contributed by atoms with Gasteiger partial charge in [-0.05, 0) is 51.4 Å². The minimum Gasteiger partial charge on any atom is -0.462 e. The molecule has 6 heteroatoms. The van der Waals surface area contributed by atoms with Gasteiger partial charge in [0.2, 0.25) is 0 Å². The second kappa shape index (κ2) is 61.4. The Morgan fingerprint density at radius 3 is 0.764 bits per heavy atom. The molecule has 0 aliphatic carbocycles. The van der Waals surface area contributed by atoms with E-state index in [1.165, 1.54) is 257 Å². The fourth-order valence-corrected chi connectivity index (χ4v) is 9.83. The van der Waals surface area contributed by atoms with E-state index in [0.717, 1.165) is 64.2 Å². The number of unbranched alkanes of at least 4 members (excludes halogenated alkanes) is 45. The van der Waals surface area contributed by atoms with Crippen molar-refractivity contribution in [3.05, 3.63) is 24.3 Å². The number of carbonyl (C=O) groups excluding carboxylic acids is 3. The molecule has 0 aromatic rings. The molecule has 0 radical (unpaired) electrons. The van der Waals surface area contributed by atoms with Gasteiger partial charge in [0.25, 0.3) is 0 Å². The summed E-state index contributed by atoms with van der Waals surface area (Å²) in [5, 5.41) is 0. The Hall–Kier alpha value is -2.11. The molecule has 0 spiro atoms. The van der Waals surface area contributed by atoms with Crippen molar-refractivity contribution in [2.45, 2.75) is 367 Å². The van der Waals surface area contributed by atoms with Crippen molar-refractivity contribution in [2.24, 2.45) is 0 Å². The van der Waals surface area contributed by atoms with Gasteiger partial charge in [0.05, 0.1) is 0 Å². The third kappa shape index (κ3) is 58.8. The lowest BCUT2D eigenvalue weighted by Crippen LogP contribution is -2.30. The first-order valence-electron chi connectivity index (χ1n) is 32.3. The molecule has 0 aromatic carbocycles. The molecular formula is C66H124O6. The highest BCUT2D eigenvalue weighted by atomic mass is 16.6. The summed E-state index contributed by atoms with van der Waals surface area (Å²) in [6, 6.07) is 0. The van der Waals surface area contributed by atoms with Crippen LogP contribution in [0.15, 0.2) is 24.3 Å². The largest absolute Gasteiger partial charge is 0.462 e. The summed E-state index contributed by atoms with van der Waals surface area (Å²) >= 11 is 0. The molecule has 424 valence electrons. The molecule has 0 bridgehead atoms. The van der Waals surface area contributed by atoms with Crippen molar-refractivity contribution in [1.82, 2.24) is 0 Å². The Morgan fingerprint density at radius 2 is 0.500 bits per heavy atom. The fourth-order valence-electron chi connectivity index (χ4n) is 9.83. The zero-order valence-electron chi connectivity index (χ0n) is 48.7. The van der Waals surface area contributed by atoms with Gasteiger partial charge >= 0.3 is 17.9 Å². The Kier molecular flexibility index (Phi) is 59.6. The van der Waals surface area contributed by atoms with E-state index in [-0.39, 0.29) is 31.1 Å². The Labute approximate surface area is 449 Å². The molecule has 0 N–H and O–H groups in total. The molecule has 0 aromatic heterocycles. The van der Waals surface area contributed by atoms with E-state index in [0.29, 0.717) is 19.3 Å². The Bertz CT molecular complexity index is 1160. The molecule has 0 saturated carbocycles. The SMILES string of the molecule is CCCCCCC/C=C\C/C=C\CCCCCCCCCCCCCCCCCCCC(=O)OCC(COC(=O)CCCCCCCCCCCCCC)OC(=O)CCCCCCCCCCCCCCC. The number of hydrogen-bond donors (Lipinski definition) is 0. The third-order valence-corrected chi connectivity index (χ3v) is 14.7. The van der Waals surface area contributed by atoms with Gasteiger partial charge in [0.1, 0.15) is 13.2 Å². The van der Waals surface area contributed by atoms with Gasteiger partial charge in [0, 0.05) is 19.3 Å². The summed E-state index contributed by atoms with van der Waals surface area (Å²) in [7, 11) is 0. The van der Waals surface area contributed by atoms with E-state index in [1.54, 1.807) is 0 Å². The predicted molar refractivity (Wildman–Crippen MR) is 312 cm³/mol. The molecule has 6 nitrogen and oxygen atoms in total. The van der Waals surface area contributed by atoms with Gasteiger partial charge in [-0.2, -0.15) is 0 Å². The normalized spacial score (nSPS) is 12.1. The molecule has 0 fully saturated rings. The van der Waals surface area contributed by atoms with Crippen LogP contribution in [0, 0.1) is 0 Å². The number of hydrogen-bond acceptors (Lipinski definition) is 6. The summed E-state index contributed by atoms with van der Waals surface area (Å²) in [6.45, 7) is 6.68. The van der Waals surface area contributed by atoms with Crippen LogP contribution in [0.25, 0.3) is 0 Å². The van der Waals surface area contributed by atoms with Crippen LogP contribution in [0.1, 0.15) is 361 Å². The number of esters is 3. The highest BCUT2D eigenvalue weighted by Gasteiger charge is 2.19. The van der Waals surface area contributed by atoms with Crippen LogP contribution in [-0.4, -0.2) is 37.2 Å². The Balaban J connectivity index is 4.10. The molecule has 0 aliphatic heterocycles. The van der Waals surface area contributed by atoms with Gasteiger partial charge in [-0.3, -0.25) is 14.4 Å². The zero-order chi connectivity index (χ0) is 52.2. The number of ether oxygens (including phenoxy) is 3. The van der Waals surface area contributed by atoms with Crippen molar-refractivity contribution >= 4 is 17.9 Å². The molecule has 1 unspecified atom stereocenters. The third-order valence-electron chi connectivity index (χ3n) is 14.7. The van der Waals surface area contributed by atoms with Crippen LogP contribution in [0.3, 0.4) is 0 Å². The van der Waals surface area contributed by atoms with Crippen molar-refractivity contribution in [2.75, 3.05) is 13.2 Å². The lowest BCUT2D eigenvalue weighted by Gasteiger charge is -2.18. The van der Waals surface area contributed by atoms with Gasteiger partial charge in [-0.1, -0.05) is 315 Å².